The minimum absolute atomic E-state index is 0.189. The van der Waals surface area contributed by atoms with Gasteiger partial charge in [-0.3, -0.25) is 4.79 Å². The third-order valence-electron chi connectivity index (χ3n) is 5.94. The Balaban J connectivity index is 1.48. The molecule has 1 aromatic heterocycles. The topological polar surface area (TPSA) is 66.8 Å². The van der Waals surface area contributed by atoms with Crippen molar-refractivity contribution in [1.29, 1.82) is 0 Å². The zero-order valence-electron chi connectivity index (χ0n) is 18.1. The van der Waals surface area contributed by atoms with E-state index in [0.717, 1.165) is 48.2 Å². The van der Waals surface area contributed by atoms with Crippen LogP contribution in [0.3, 0.4) is 0 Å². The number of aryl methyl sites for hydroxylation is 1. The van der Waals surface area contributed by atoms with E-state index >= 15 is 0 Å². The van der Waals surface area contributed by atoms with Gasteiger partial charge >= 0.3 is 5.97 Å². The second kappa shape index (κ2) is 8.94. The molecule has 1 fully saturated rings. The van der Waals surface area contributed by atoms with Crippen molar-refractivity contribution in [2.24, 2.45) is 0 Å². The average Bonchev–Trinajstić information content (AvgIpc) is 3.40. The van der Waals surface area contributed by atoms with Crippen LogP contribution in [-0.4, -0.2) is 42.7 Å². The molecule has 0 spiro atoms. The number of aromatic nitrogens is 1. The number of carbonyl (C=O) groups is 2. The minimum Gasteiger partial charge on any atom is -0.496 e. The van der Waals surface area contributed by atoms with Crippen molar-refractivity contribution in [3.8, 4) is 5.75 Å². The van der Waals surface area contributed by atoms with E-state index in [-0.39, 0.29) is 18.5 Å². The summed E-state index contributed by atoms with van der Waals surface area (Å²) in [4.78, 5) is 25.6. The number of nitrogens with zero attached hydrogens (tertiary/aromatic N) is 1. The molecule has 0 bridgehead atoms. The number of hydrogen-bond donors (Lipinski definition) is 0. The molecule has 1 atom stereocenters. The van der Waals surface area contributed by atoms with E-state index in [9.17, 15) is 9.59 Å². The second-order valence-corrected chi connectivity index (χ2v) is 7.89. The Morgan fingerprint density at radius 2 is 1.87 bits per heavy atom. The molecular formula is C25H27NO5. The molecule has 0 amide bonds. The Morgan fingerprint density at radius 1 is 1.10 bits per heavy atom. The van der Waals surface area contributed by atoms with Crippen molar-refractivity contribution < 1.29 is 23.8 Å². The summed E-state index contributed by atoms with van der Waals surface area (Å²) < 4.78 is 18.6. The fraction of sp³-hybridized carbons (Fsp3) is 0.360. The molecule has 2 aromatic carbocycles. The van der Waals surface area contributed by atoms with Crippen LogP contribution in [0.25, 0.3) is 10.8 Å². The monoisotopic (exact) mass is 421 g/mol. The first-order valence-corrected chi connectivity index (χ1v) is 10.5. The van der Waals surface area contributed by atoms with Gasteiger partial charge in [0.25, 0.3) is 0 Å². The van der Waals surface area contributed by atoms with E-state index in [0.29, 0.717) is 16.9 Å². The second-order valence-electron chi connectivity index (χ2n) is 7.89. The summed E-state index contributed by atoms with van der Waals surface area (Å²) in [7, 11) is 1.59. The molecule has 1 aliphatic heterocycles. The van der Waals surface area contributed by atoms with E-state index in [1.54, 1.807) is 19.2 Å². The Hall–Kier alpha value is -3.12. The standard InChI is InChI=1S/C25H27NO5/c1-16-13-22(17(2)26(16)14-18-7-6-12-30-18)23(27)15-31-25(28)21-10-11-24(29-3)20-9-5-4-8-19(20)21/h4-5,8-11,13,18H,6-7,12,14-15H2,1-3H3/t18-/m1/s1. The predicted molar refractivity (Wildman–Crippen MR) is 118 cm³/mol. The largest absolute Gasteiger partial charge is 0.496 e. The van der Waals surface area contributed by atoms with Crippen LogP contribution in [0, 0.1) is 13.8 Å². The van der Waals surface area contributed by atoms with Crippen LogP contribution in [0.15, 0.2) is 42.5 Å². The third kappa shape index (κ3) is 4.21. The molecule has 0 radical (unpaired) electrons. The maximum atomic E-state index is 12.8. The molecule has 162 valence electrons. The van der Waals surface area contributed by atoms with Gasteiger partial charge in [-0.15, -0.1) is 0 Å². The Bertz CT molecular complexity index is 1120. The molecule has 0 N–H and O–H groups in total. The molecule has 3 aromatic rings. The van der Waals surface area contributed by atoms with E-state index in [2.05, 4.69) is 4.57 Å². The van der Waals surface area contributed by atoms with Crippen molar-refractivity contribution in [3.05, 3.63) is 65.0 Å². The molecule has 0 aliphatic carbocycles. The number of Topliss-reactive ketones (excluding diaryl/α,β-unsaturated/α-hetero) is 1. The zero-order valence-corrected chi connectivity index (χ0v) is 18.1. The highest BCUT2D eigenvalue weighted by Gasteiger charge is 2.22. The maximum absolute atomic E-state index is 12.8. The van der Waals surface area contributed by atoms with Gasteiger partial charge < -0.3 is 18.8 Å². The Kier molecular flexibility index (Phi) is 6.09. The number of carbonyl (C=O) groups excluding carboxylic acids is 2. The maximum Gasteiger partial charge on any atom is 0.339 e. The van der Waals surface area contributed by atoms with Crippen molar-refractivity contribution in [2.75, 3.05) is 20.3 Å². The van der Waals surface area contributed by atoms with Crippen molar-refractivity contribution in [1.82, 2.24) is 4.57 Å². The van der Waals surface area contributed by atoms with Gasteiger partial charge in [0.1, 0.15) is 5.75 Å². The molecule has 1 saturated heterocycles. The van der Waals surface area contributed by atoms with Gasteiger partial charge in [-0.2, -0.15) is 0 Å². The first kappa shape index (κ1) is 21.1. The van der Waals surface area contributed by atoms with Crippen LogP contribution < -0.4 is 4.74 Å². The molecule has 0 saturated carbocycles. The van der Waals surface area contributed by atoms with Crippen LogP contribution >= 0.6 is 0 Å². The first-order valence-electron chi connectivity index (χ1n) is 10.5. The highest BCUT2D eigenvalue weighted by atomic mass is 16.5. The fourth-order valence-electron chi connectivity index (χ4n) is 4.27. The summed E-state index contributed by atoms with van der Waals surface area (Å²) in [6.07, 6.45) is 2.30. The normalized spacial score (nSPS) is 15.9. The first-order chi connectivity index (χ1) is 15.0. The number of methoxy groups -OCH3 is 1. The molecule has 0 unspecified atom stereocenters. The number of esters is 1. The molecule has 6 nitrogen and oxygen atoms in total. The van der Waals surface area contributed by atoms with Gasteiger partial charge in [-0.25, -0.2) is 4.79 Å². The van der Waals surface area contributed by atoms with Gasteiger partial charge in [-0.05, 0) is 50.3 Å². The number of ether oxygens (including phenoxy) is 3. The lowest BCUT2D eigenvalue weighted by molar-refractivity contribution is 0.0476. The minimum atomic E-state index is -0.527. The summed E-state index contributed by atoms with van der Waals surface area (Å²) in [5.41, 5.74) is 2.88. The van der Waals surface area contributed by atoms with Crippen LogP contribution in [0.1, 0.15) is 44.9 Å². The number of rotatable bonds is 7. The SMILES string of the molecule is COc1ccc(C(=O)OCC(=O)c2cc(C)n(C[C@H]3CCCO3)c2C)c2ccccc12. The van der Waals surface area contributed by atoms with Crippen LogP contribution in [0.4, 0.5) is 0 Å². The summed E-state index contributed by atoms with van der Waals surface area (Å²) in [5, 5.41) is 1.55. The van der Waals surface area contributed by atoms with E-state index < -0.39 is 5.97 Å². The number of ketones is 1. The summed E-state index contributed by atoms with van der Waals surface area (Å²) in [6.45, 7) is 5.14. The van der Waals surface area contributed by atoms with E-state index in [1.807, 2.05) is 44.2 Å². The van der Waals surface area contributed by atoms with Crippen molar-refractivity contribution in [3.63, 3.8) is 0 Å². The van der Waals surface area contributed by atoms with Gasteiger partial charge in [0.15, 0.2) is 6.61 Å². The number of fused-ring (bicyclic) bond motifs is 1. The number of hydrogen-bond acceptors (Lipinski definition) is 5. The smallest absolute Gasteiger partial charge is 0.339 e. The van der Waals surface area contributed by atoms with E-state index in [1.165, 1.54) is 0 Å². The van der Waals surface area contributed by atoms with Crippen molar-refractivity contribution in [2.45, 2.75) is 39.3 Å². The van der Waals surface area contributed by atoms with Gasteiger partial charge in [0, 0.05) is 35.5 Å². The summed E-state index contributed by atoms with van der Waals surface area (Å²) in [6, 6.07) is 12.7. The molecule has 6 heteroatoms. The lowest BCUT2D eigenvalue weighted by Gasteiger charge is -2.14. The lowest BCUT2D eigenvalue weighted by atomic mass is 10.0. The summed E-state index contributed by atoms with van der Waals surface area (Å²) in [5.74, 6) is -0.0554. The Labute approximate surface area is 181 Å². The van der Waals surface area contributed by atoms with Crippen molar-refractivity contribution >= 4 is 22.5 Å². The highest BCUT2D eigenvalue weighted by molar-refractivity contribution is 6.07. The quantitative estimate of drug-likeness (QED) is 0.416. The molecule has 4 rings (SSSR count). The summed E-state index contributed by atoms with van der Waals surface area (Å²) >= 11 is 0. The molecule has 31 heavy (non-hydrogen) atoms. The van der Waals surface area contributed by atoms with Crippen LogP contribution in [0.5, 0.6) is 5.75 Å². The average molecular weight is 421 g/mol. The fourth-order valence-corrected chi connectivity index (χ4v) is 4.27. The van der Waals surface area contributed by atoms with Crippen LogP contribution in [0.2, 0.25) is 0 Å². The molecule has 2 heterocycles. The molecule has 1 aliphatic rings. The van der Waals surface area contributed by atoms with Gasteiger partial charge in [0.2, 0.25) is 5.78 Å². The predicted octanol–water partition coefficient (Wildman–Crippen LogP) is 4.49. The lowest BCUT2D eigenvalue weighted by Crippen LogP contribution is -2.18. The zero-order chi connectivity index (χ0) is 22.0. The van der Waals surface area contributed by atoms with Crippen LogP contribution in [-0.2, 0) is 16.0 Å². The number of benzene rings is 2. The van der Waals surface area contributed by atoms with E-state index in [4.69, 9.17) is 14.2 Å². The highest BCUT2D eigenvalue weighted by Crippen LogP contribution is 2.29. The molecular weight excluding hydrogens is 394 g/mol. The van der Waals surface area contributed by atoms with Gasteiger partial charge in [-0.1, -0.05) is 24.3 Å². The third-order valence-corrected chi connectivity index (χ3v) is 5.94. The van der Waals surface area contributed by atoms with Gasteiger partial charge in [0.05, 0.1) is 18.8 Å². The Morgan fingerprint density at radius 3 is 2.58 bits per heavy atom.